The quantitative estimate of drug-likeness (QED) is 0.345. The molecule has 0 saturated carbocycles. The number of carbonyl (C=O) groups is 4. The number of ether oxygens (including phenoxy) is 4. The van der Waals surface area contributed by atoms with Crippen LogP contribution in [0.2, 0.25) is 0 Å². The van der Waals surface area contributed by atoms with E-state index in [0.717, 1.165) is 16.7 Å². The molecule has 2 aromatic carbocycles. The summed E-state index contributed by atoms with van der Waals surface area (Å²) in [5.74, 6) is -3.44. The molecule has 0 aromatic heterocycles. The average Bonchev–Trinajstić information content (AvgIpc) is 3.65. The molecule has 3 heterocycles. The summed E-state index contributed by atoms with van der Waals surface area (Å²) in [4.78, 5) is 50.4. The van der Waals surface area contributed by atoms with Crippen molar-refractivity contribution in [1.82, 2.24) is 10.2 Å². The number of carboxylic acids is 1. The van der Waals surface area contributed by atoms with E-state index < -0.39 is 41.5 Å². The molecule has 2 saturated heterocycles. The Morgan fingerprint density at radius 3 is 2.32 bits per heavy atom. The number of nitrogens with zero attached hydrogens (tertiary/aromatic N) is 1. The number of fused-ring (bicyclic) bond motifs is 2. The van der Waals surface area contributed by atoms with Gasteiger partial charge in [-0.3, -0.25) is 24.6 Å². The number of hydrogen-bond acceptors (Lipinski definition) is 9. The van der Waals surface area contributed by atoms with Crippen LogP contribution in [0.3, 0.4) is 0 Å². The van der Waals surface area contributed by atoms with Crippen LogP contribution >= 0.6 is 0 Å². The lowest BCUT2D eigenvalue weighted by Gasteiger charge is -2.33. The molecule has 2 amide bonds. The first-order valence-electron chi connectivity index (χ1n) is 13.8. The molecule has 2 fully saturated rings. The van der Waals surface area contributed by atoms with Crippen molar-refractivity contribution >= 4 is 23.8 Å². The molecule has 5 rings (SSSR count). The first-order valence-corrected chi connectivity index (χ1v) is 13.8. The number of esters is 1. The topological polar surface area (TPSA) is 141 Å². The maximum Gasteiger partial charge on any atom is 0.490 e. The number of methoxy groups -OCH3 is 2. The number of hydrogen-bond donors (Lipinski definition) is 2. The Morgan fingerprint density at radius 2 is 1.75 bits per heavy atom. The summed E-state index contributed by atoms with van der Waals surface area (Å²) in [5, 5.41) is 10.5. The lowest BCUT2D eigenvalue weighted by molar-refractivity contribution is -0.192. The number of halogens is 3. The Balaban J connectivity index is 0.000000566. The highest BCUT2D eigenvalue weighted by Gasteiger charge is 2.68. The van der Waals surface area contributed by atoms with Crippen molar-refractivity contribution in [2.45, 2.75) is 44.9 Å². The van der Waals surface area contributed by atoms with Gasteiger partial charge >= 0.3 is 18.1 Å². The normalized spacial score (nSPS) is 23.8. The Bertz CT molecular complexity index is 1460. The first-order chi connectivity index (χ1) is 20.7. The van der Waals surface area contributed by atoms with Gasteiger partial charge in [-0.1, -0.05) is 32.0 Å². The molecular weight excluding hydrogens is 589 g/mol. The minimum Gasteiger partial charge on any atom is -0.496 e. The van der Waals surface area contributed by atoms with Crippen LogP contribution in [0.4, 0.5) is 13.2 Å². The number of alkyl halides is 3. The monoisotopic (exact) mass is 622 g/mol. The zero-order valence-corrected chi connectivity index (χ0v) is 24.7. The van der Waals surface area contributed by atoms with Gasteiger partial charge in [-0.05, 0) is 48.6 Å². The first kappa shape index (κ1) is 32.6. The third-order valence-corrected chi connectivity index (χ3v) is 7.85. The zero-order valence-electron chi connectivity index (χ0n) is 24.7. The van der Waals surface area contributed by atoms with Crippen LogP contribution in [0.25, 0.3) is 11.1 Å². The predicted molar refractivity (Wildman–Crippen MR) is 148 cm³/mol. The molecule has 14 heteroatoms. The molecule has 0 bridgehead atoms. The molecule has 0 spiro atoms. The van der Waals surface area contributed by atoms with Crippen LogP contribution < -0.4 is 19.5 Å². The highest BCUT2D eigenvalue weighted by molar-refractivity contribution is 6.09. The van der Waals surface area contributed by atoms with Gasteiger partial charge in [0, 0.05) is 18.2 Å². The Labute approximate surface area is 251 Å². The fraction of sp³-hybridized carbons (Fsp3) is 0.467. The molecular formula is C30H33F3N2O9. The lowest BCUT2D eigenvalue weighted by Crippen LogP contribution is -2.57. The number of carboxylic acid groups (broad SMARTS) is 1. The van der Waals surface area contributed by atoms with Gasteiger partial charge < -0.3 is 24.1 Å². The smallest absolute Gasteiger partial charge is 0.490 e. The fourth-order valence-corrected chi connectivity index (χ4v) is 6.15. The number of likely N-dealkylation sites (tertiary alicyclic amines) is 1. The molecule has 238 valence electrons. The van der Waals surface area contributed by atoms with E-state index in [1.54, 1.807) is 14.0 Å². The Morgan fingerprint density at radius 1 is 1.09 bits per heavy atom. The summed E-state index contributed by atoms with van der Waals surface area (Å²) < 4.78 is 53.6. The second kappa shape index (κ2) is 12.3. The number of benzene rings is 2. The second-order valence-corrected chi connectivity index (χ2v) is 10.9. The summed E-state index contributed by atoms with van der Waals surface area (Å²) in [6.07, 6.45) is -4.72. The molecule has 3 aliphatic rings. The van der Waals surface area contributed by atoms with Crippen molar-refractivity contribution in [2.24, 2.45) is 17.8 Å². The van der Waals surface area contributed by atoms with E-state index >= 15 is 0 Å². The Kier molecular flexibility index (Phi) is 9.14. The highest BCUT2D eigenvalue weighted by atomic mass is 19.4. The molecule has 2 aromatic rings. The summed E-state index contributed by atoms with van der Waals surface area (Å²) in [6.45, 7) is 6.17. The number of carbonyl (C=O) groups excluding carboxylic acids is 3. The molecule has 0 radical (unpaired) electrons. The van der Waals surface area contributed by atoms with Gasteiger partial charge in [-0.15, -0.1) is 0 Å². The average molecular weight is 623 g/mol. The molecule has 0 aliphatic carbocycles. The number of imide groups is 1. The van der Waals surface area contributed by atoms with Gasteiger partial charge in [-0.25, -0.2) is 4.79 Å². The van der Waals surface area contributed by atoms with Gasteiger partial charge in [0.1, 0.15) is 11.3 Å². The zero-order chi connectivity index (χ0) is 32.6. The largest absolute Gasteiger partial charge is 0.496 e. The summed E-state index contributed by atoms with van der Waals surface area (Å²) in [7, 11) is 2.90. The van der Waals surface area contributed by atoms with E-state index in [9.17, 15) is 27.6 Å². The van der Waals surface area contributed by atoms with E-state index in [1.165, 1.54) is 12.0 Å². The van der Waals surface area contributed by atoms with Gasteiger partial charge in [-0.2, -0.15) is 13.2 Å². The van der Waals surface area contributed by atoms with Gasteiger partial charge in [0.2, 0.25) is 18.6 Å². The van der Waals surface area contributed by atoms with E-state index in [0.29, 0.717) is 23.7 Å². The maximum atomic E-state index is 13.5. The minimum absolute atomic E-state index is 0.0764. The molecule has 2 N–H and O–H groups in total. The van der Waals surface area contributed by atoms with Gasteiger partial charge in [0.15, 0.2) is 11.5 Å². The number of nitrogens with one attached hydrogen (secondary N) is 1. The summed E-state index contributed by atoms with van der Waals surface area (Å²) in [6, 6.07) is 10.8. The third kappa shape index (κ3) is 5.77. The molecule has 11 nitrogen and oxygen atoms in total. The SMILES string of the molecule is CCN1C(=O)C2C(c3ccc(-c4ccc5c(c4)OCO5)c(OC)c3)N[C@@](CC(C)C)(C(=O)OC)C2C1=O.O=C(O)C(F)(F)F. The van der Waals surface area contributed by atoms with E-state index in [1.807, 2.05) is 50.2 Å². The third-order valence-electron chi connectivity index (χ3n) is 7.85. The van der Waals surface area contributed by atoms with Crippen LogP contribution in [-0.2, 0) is 23.9 Å². The van der Waals surface area contributed by atoms with Crippen molar-refractivity contribution in [1.29, 1.82) is 0 Å². The Hall–Kier alpha value is -4.33. The summed E-state index contributed by atoms with van der Waals surface area (Å²) in [5.41, 5.74) is 1.17. The predicted octanol–water partition coefficient (Wildman–Crippen LogP) is 3.95. The van der Waals surface area contributed by atoms with Crippen molar-refractivity contribution in [3.05, 3.63) is 42.0 Å². The van der Waals surface area contributed by atoms with Crippen molar-refractivity contribution in [3.63, 3.8) is 0 Å². The van der Waals surface area contributed by atoms with Crippen LogP contribution in [-0.4, -0.2) is 73.0 Å². The fourth-order valence-electron chi connectivity index (χ4n) is 6.15. The molecule has 4 atom stereocenters. The van der Waals surface area contributed by atoms with Crippen LogP contribution in [0.15, 0.2) is 36.4 Å². The maximum absolute atomic E-state index is 13.5. The number of amides is 2. The second-order valence-electron chi connectivity index (χ2n) is 10.9. The van der Waals surface area contributed by atoms with Crippen LogP contribution in [0, 0.1) is 17.8 Å². The standard InChI is InChI=1S/C28H32N2O7.C2HF3O2/c1-6-30-25(31)22-23(26(30)32)28(13-15(2)3,27(33)35-5)29-24(22)17-7-9-18(20(12-17)34-4)16-8-10-19-21(11-16)37-14-36-19;3-2(4,5)1(6)7/h7-12,15,22-24,29H,6,13-14H2,1-5H3;(H,6,7)/t22?,23?,24?,28-;/m1./s1. The van der Waals surface area contributed by atoms with E-state index in [-0.39, 0.29) is 31.1 Å². The van der Waals surface area contributed by atoms with E-state index in [2.05, 4.69) is 5.32 Å². The molecule has 3 aliphatic heterocycles. The minimum atomic E-state index is -5.08. The van der Waals surface area contributed by atoms with Gasteiger partial charge in [0.05, 0.1) is 26.1 Å². The summed E-state index contributed by atoms with van der Waals surface area (Å²) >= 11 is 0. The number of aliphatic carboxylic acids is 1. The molecule has 3 unspecified atom stereocenters. The van der Waals surface area contributed by atoms with Crippen LogP contribution in [0.1, 0.15) is 38.8 Å². The van der Waals surface area contributed by atoms with Crippen LogP contribution in [0.5, 0.6) is 17.2 Å². The van der Waals surface area contributed by atoms with E-state index in [4.69, 9.17) is 28.8 Å². The lowest BCUT2D eigenvalue weighted by atomic mass is 9.75. The van der Waals surface area contributed by atoms with Crippen molar-refractivity contribution in [3.8, 4) is 28.4 Å². The van der Waals surface area contributed by atoms with Crippen molar-refractivity contribution in [2.75, 3.05) is 27.6 Å². The number of rotatable bonds is 7. The van der Waals surface area contributed by atoms with Crippen molar-refractivity contribution < 1.29 is 56.4 Å². The highest BCUT2D eigenvalue weighted by Crippen LogP contribution is 2.52. The van der Waals surface area contributed by atoms with Gasteiger partial charge in [0.25, 0.3) is 0 Å². The molecule has 44 heavy (non-hydrogen) atoms.